The Hall–Kier alpha value is -2.49. The summed E-state index contributed by atoms with van der Waals surface area (Å²) in [4.78, 5) is 48.4. The Balaban J connectivity index is 2.43. The summed E-state index contributed by atoms with van der Waals surface area (Å²) in [5, 5.41) is 18.2. The van der Waals surface area contributed by atoms with Crippen LogP contribution < -0.4 is 0 Å². The lowest BCUT2D eigenvalue weighted by Gasteiger charge is -2.18. The van der Waals surface area contributed by atoms with Gasteiger partial charge >= 0.3 is 19.7 Å². The molecule has 2 atom stereocenters. The van der Waals surface area contributed by atoms with Crippen LogP contribution in [-0.4, -0.2) is 52.3 Å². The second-order valence-corrected chi connectivity index (χ2v) is 9.64. The van der Waals surface area contributed by atoms with Crippen LogP contribution in [-0.2, 0) is 20.7 Å². The lowest BCUT2D eigenvalue weighted by Crippen LogP contribution is -2.24. The fraction of sp³-hybridized carbons (Fsp3) is 0.211. The van der Waals surface area contributed by atoms with Gasteiger partial charge in [-0.2, -0.15) is 0 Å². The van der Waals surface area contributed by atoms with E-state index in [9.17, 15) is 28.7 Å². The molecule has 2 aromatic carbocycles. The molecule has 0 fully saturated rings. The van der Waals surface area contributed by atoms with Crippen LogP contribution in [0.15, 0.2) is 64.5 Å². The van der Waals surface area contributed by atoms with E-state index in [0.29, 0.717) is 5.56 Å². The third-order valence-electron chi connectivity index (χ3n) is 4.18. The molecule has 0 aliphatic carbocycles. The van der Waals surface area contributed by atoms with Gasteiger partial charge in [0.25, 0.3) is 0 Å². The number of rotatable bonds is 10. The van der Waals surface area contributed by atoms with Crippen LogP contribution in [0, 0.1) is 5.92 Å². The molecule has 0 heterocycles. The monoisotopic (exact) mass is 454 g/mol. The molecule has 0 radical (unpaired) electrons. The van der Waals surface area contributed by atoms with Crippen LogP contribution in [0.1, 0.15) is 18.4 Å². The Morgan fingerprint density at radius 1 is 1.00 bits per heavy atom. The second-order valence-electron chi connectivity index (χ2n) is 6.43. The van der Waals surface area contributed by atoms with Gasteiger partial charge in [-0.1, -0.05) is 18.2 Å². The molecule has 5 N–H and O–H groups in total. The summed E-state index contributed by atoms with van der Waals surface area (Å²) < 4.78 is 20.2. The van der Waals surface area contributed by atoms with Crippen molar-refractivity contribution >= 4 is 41.9 Å². The number of aliphatic carboxylic acids is 2. The number of benzene rings is 2. The van der Waals surface area contributed by atoms with Crippen LogP contribution in [0.3, 0.4) is 0 Å². The van der Waals surface area contributed by atoms with Crippen molar-refractivity contribution in [3.63, 3.8) is 0 Å². The van der Waals surface area contributed by atoms with Crippen LogP contribution in [0.5, 0.6) is 0 Å². The van der Waals surface area contributed by atoms with E-state index in [1.807, 2.05) is 0 Å². The molecule has 0 aromatic heterocycles. The van der Waals surface area contributed by atoms with E-state index in [2.05, 4.69) is 4.99 Å². The quantitative estimate of drug-likeness (QED) is 0.208. The Morgan fingerprint density at radius 3 is 2.10 bits per heavy atom. The van der Waals surface area contributed by atoms with Gasteiger partial charge in [-0.15, -0.1) is 0 Å². The van der Waals surface area contributed by atoms with Gasteiger partial charge in [0.1, 0.15) is 6.16 Å². The molecule has 0 bridgehead atoms. The van der Waals surface area contributed by atoms with Crippen molar-refractivity contribution < 1.29 is 38.4 Å². The SMILES string of the molecule is O=C(O)CCC(C[P+](O)(O)C(=Nc1ccc(S(=O)O)cc1)c1ccccc1)C(=O)O. The van der Waals surface area contributed by atoms with Gasteiger partial charge < -0.3 is 14.8 Å². The molecule has 9 nitrogen and oxygen atoms in total. The van der Waals surface area contributed by atoms with E-state index >= 15 is 0 Å². The fourth-order valence-electron chi connectivity index (χ4n) is 2.68. The molecule has 2 unspecified atom stereocenters. The first-order chi connectivity index (χ1) is 14.1. The van der Waals surface area contributed by atoms with Gasteiger partial charge in [0.05, 0.1) is 16.5 Å². The standard InChI is InChI=1S/C19H20NO8PS/c21-17(22)11-6-14(19(23)24)12-29(25,26)18(13-4-2-1-3-5-13)20-15-7-9-16(10-8-15)30(27)28/h1-5,7-10,14,25-26H,6,11-12H2,(H2-,21,22,23,24,27,28)/p+1. The molecule has 30 heavy (non-hydrogen) atoms. The Labute approximate surface area is 175 Å². The van der Waals surface area contributed by atoms with Crippen molar-refractivity contribution in [2.45, 2.75) is 17.7 Å². The first kappa shape index (κ1) is 23.8. The van der Waals surface area contributed by atoms with E-state index in [4.69, 9.17) is 9.66 Å². The van der Waals surface area contributed by atoms with Crippen molar-refractivity contribution in [3.05, 3.63) is 60.2 Å². The minimum Gasteiger partial charge on any atom is -0.481 e. The highest BCUT2D eigenvalue weighted by Crippen LogP contribution is 2.56. The van der Waals surface area contributed by atoms with Gasteiger partial charge in [-0.3, -0.25) is 9.59 Å². The third-order valence-corrected chi connectivity index (χ3v) is 6.84. The summed E-state index contributed by atoms with van der Waals surface area (Å²) >= 11 is -2.18. The molecule has 160 valence electrons. The van der Waals surface area contributed by atoms with E-state index < -0.39 is 49.2 Å². The molecule has 0 spiro atoms. The van der Waals surface area contributed by atoms with Gasteiger partial charge in [0.15, 0.2) is 11.1 Å². The molecule has 0 amide bonds. The maximum atomic E-state index is 11.5. The summed E-state index contributed by atoms with van der Waals surface area (Å²) in [6, 6.07) is 13.8. The van der Waals surface area contributed by atoms with Gasteiger partial charge in [0, 0.05) is 12.0 Å². The Morgan fingerprint density at radius 2 is 1.60 bits per heavy atom. The van der Waals surface area contributed by atoms with Crippen LogP contribution in [0.25, 0.3) is 0 Å². The summed E-state index contributed by atoms with van der Waals surface area (Å²) in [6.07, 6.45) is -1.25. The summed E-state index contributed by atoms with van der Waals surface area (Å²) in [5.74, 6) is -3.79. The molecule has 0 aliphatic heterocycles. The predicted octanol–water partition coefficient (Wildman–Crippen LogP) is 2.74. The second kappa shape index (κ2) is 10.5. The topological polar surface area (TPSA) is 165 Å². The van der Waals surface area contributed by atoms with Crippen LogP contribution >= 0.6 is 7.72 Å². The summed E-state index contributed by atoms with van der Waals surface area (Å²) in [7, 11) is -4.07. The number of hydrogen-bond donors (Lipinski definition) is 5. The predicted molar refractivity (Wildman–Crippen MR) is 112 cm³/mol. The fourth-order valence-corrected chi connectivity index (χ4v) is 5.02. The number of aliphatic imine (C=N–C) groups is 1. The van der Waals surface area contributed by atoms with E-state index in [1.54, 1.807) is 30.3 Å². The largest absolute Gasteiger partial charge is 0.481 e. The van der Waals surface area contributed by atoms with Crippen molar-refractivity contribution in [2.75, 3.05) is 6.16 Å². The first-order valence-electron chi connectivity index (χ1n) is 8.74. The molecular formula is C19H21NO8PS+. The minimum absolute atomic E-state index is 0.123. The minimum atomic E-state index is -4.07. The third kappa shape index (κ3) is 6.79. The maximum Gasteiger partial charge on any atom is 0.320 e. The van der Waals surface area contributed by atoms with Gasteiger partial charge in [-0.25, -0.2) is 19.0 Å². The van der Waals surface area contributed by atoms with Crippen molar-refractivity contribution in [1.82, 2.24) is 0 Å². The maximum absolute atomic E-state index is 11.5. The number of carboxylic acid groups (broad SMARTS) is 2. The Kier molecular flexibility index (Phi) is 8.33. The number of hydrogen-bond acceptors (Lipinski definition) is 6. The Bertz CT molecular complexity index is 947. The highest BCUT2D eigenvalue weighted by Gasteiger charge is 2.46. The zero-order chi connectivity index (χ0) is 22.3. The number of carboxylic acids is 2. The molecular weight excluding hydrogens is 433 g/mol. The highest BCUT2D eigenvalue weighted by atomic mass is 32.2. The van der Waals surface area contributed by atoms with Crippen molar-refractivity contribution in [1.29, 1.82) is 0 Å². The van der Waals surface area contributed by atoms with Gasteiger partial charge in [-0.05, 0) is 42.8 Å². The molecule has 2 rings (SSSR count). The molecule has 2 aromatic rings. The summed E-state index contributed by atoms with van der Waals surface area (Å²) in [6.45, 7) is 0. The summed E-state index contributed by atoms with van der Waals surface area (Å²) in [5.41, 5.74) is 0.517. The van der Waals surface area contributed by atoms with Crippen LogP contribution in [0.4, 0.5) is 5.69 Å². The van der Waals surface area contributed by atoms with E-state index in [0.717, 1.165) is 0 Å². The normalized spacial score (nSPS) is 14.2. The zero-order valence-electron chi connectivity index (χ0n) is 15.7. The lowest BCUT2D eigenvalue weighted by molar-refractivity contribution is -0.142. The van der Waals surface area contributed by atoms with Gasteiger partial charge in [0.2, 0.25) is 5.45 Å². The molecule has 0 aliphatic rings. The molecule has 0 saturated heterocycles. The smallest absolute Gasteiger partial charge is 0.320 e. The zero-order valence-corrected chi connectivity index (χ0v) is 17.4. The first-order valence-corrected chi connectivity index (χ1v) is 11.7. The average Bonchev–Trinajstić information content (AvgIpc) is 2.69. The van der Waals surface area contributed by atoms with Crippen molar-refractivity contribution in [3.8, 4) is 0 Å². The average molecular weight is 454 g/mol. The van der Waals surface area contributed by atoms with Crippen LogP contribution in [0.2, 0.25) is 0 Å². The number of nitrogens with zero attached hydrogens (tertiary/aromatic N) is 1. The molecule has 11 heteroatoms. The van der Waals surface area contributed by atoms with E-state index in [1.165, 1.54) is 24.3 Å². The molecule has 0 saturated carbocycles. The van der Waals surface area contributed by atoms with Crippen molar-refractivity contribution in [2.24, 2.45) is 10.9 Å². The highest BCUT2D eigenvalue weighted by molar-refractivity contribution is 7.82. The lowest BCUT2D eigenvalue weighted by atomic mass is 10.1. The number of carbonyl (C=O) groups is 2. The van der Waals surface area contributed by atoms with E-state index in [-0.39, 0.29) is 22.5 Å².